The summed E-state index contributed by atoms with van der Waals surface area (Å²) in [5.41, 5.74) is 1.88. The van der Waals surface area contributed by atoms with Crippen LogP contribution in [0.25, 0.3) is 0 Å². The lowest BCUT2D eigenvalue weighted by Gasteiger charge is -2.12. The van der Waals surface area contributed by atoms with Crippen LogP contribution in [-0.4, -0.2) is 42.4 Å². The maximum absolute atomic E-state index is 11.6. The lowest BCUT2D eigenvalue weighted by atomic mass is 10.1. The van der Waals surface area contributed by atoms with Gasteiger partial charge in [-0.15, -0.1) is 0 Å². The third-order valence-corrected chi connectivity index (χ3v) is 3.30. The maximum atomic E-state index is 11.6. The standard InChI is InChI=1S/C13H12N2O4/c16-11-9-7-8(1-2-10(9)14-12(11)17)3-4-15-5-6-19-13(15)18/h1-2,7H,3-6H2,(H,14,16,17). The van der Waals surface area contributed by atoms with E-state index in [2.05, 4.69) is 5.32 Å². The van der Waals surface area contributed by atoms with Crippen molar-refractivity contribution in [2.45, 2.75) is 6.42 Å². The van der Waals surface area contributed by atoms with Gasteiger partial charge in [0.15, 0.2) is 0 Å². The fraction of sp³-hybridized carbons (Fsp3) is 0.308. The molecule has 1 saturated heterocycles. The number of nitrogens with zero attached hydrogens (tertiary/aromatic N) is 1. The minimum absolute atomic E-state index is 0.297. The Hall–Kier alpha value is -2.37. The first-order valence-corrected chi connectivity index (χ1v) is 6.05. The molecule has 2 heterocycles. The summed E-state index contributed by atoms with van der Waals surface area (Å²) in [4.78, 5) is 35.7. The van der Waals surface area contributed by atoms with E-state index in [1.54, 1.807) is 17.0 Å². The topological polar surface area (TPSA) is 75.7 Å². The molecule has 0 spiro atoms. The van der Waals surface area contributed by atoms with E-state index in [0.717, 1.165) is 5.56 Å². The largest absolute Gasteiger partial charge is 0.448 e. The number of fused-ring (bicyclic) bond motifs is 1. The molecule has 0 aromatic heterocycles. The fourth-order valence-corrected chi connectivity index (χ4v) is 2.24. The molecular weight excluding hydrogens is 248 g/mol. The Balaban J connectivity index is 1.71. The lowest BCUT2D eigenvalue weighted by molar-refractivity contribution is -0.112. The van der Waals surface area contributed by atoms with Crippen LogP contribution in [0.5, 0.6) is 0 Å². The van der Waals surface area contributed by atoms with E-state index in [1.807, 2.05) is 6.07 Å². The van der Waals surface area contributed by atoms with E-state index in [9.17, 15) is 14.4 Å². The van der Waals surface area contributed by atoms with E-state index in [4.69, 9.17) is 4.74 Å². The van der Waals surface area contributed by atoms with Crippen LogP contribution in [0.1, 0.15) is 15.9 Å². The molecule has 0 unspecified atom stereocenters. The predicted octanol–water partition coefficient (Wildman–Crippen LogP) is 0.816. The number of ketones is 1. The molecule has 0 radical (unpaired) electrons. The summed E-state index contributed by atoms with van der Waals surface area (Å²) in [6.07, 6.45) is 0.332. The molecule has 19 heavy (non-hydrogen) atoms. The van der Waals surface area contributed by atoms with Gasteiger partial charge in [0.25, 0.3) is 11.7 Å². The first-order valence-electron chi connectivity index (χ1n) is 6.05. The Morgan fingerprint density at radius 1 is 1.26 bits per heavy atom. The molecule has 2 aliphatic heterocycles. The van der Waals surface area contributed by atoms with Crippen LogP contribution >= 0.6 is 0 Å². The average molecular weight is 260 g/mol. The van der Waals surface area contributed by atoms with Crippen molar-refractivity contribution in [3.05, 3.63) is 29.3 Å². The summed E-state index contributed by atoms with van der Waals surface area (Å²) in [5.74, 6) is -1.09. The Labute approximate surface area is 109 Å². The van der Waals surface area contributed by atoms with E-state index >= 15 is 0 Å². The van der Waals surface area contributed by atoms with Crippen LogP contribution in [0.4, 0.5) is 10.5 Å². The summed E-state index contributed by atoms with van der Waals surface area (Å²) in [5, 5.41) is 2.51. The highest BCUT2D eigenvalue weighted by atomic mass is 16.6. The van der Waals surface area contributed by atoms with Crippen LogP contribution in [0.2, 0.25) is 0 Å². The molecule has 6 nitrogen and oxygen atoms in total. The normalized spacial score (nSPS) is 17.5. The van der Waals surface area contributed by atoms with Gasteiger partial charge in [-0.25, -0.2) is 4.79 Å². The number of hydrogen-bond donors (Lipinski definition) is 1. The molecule has 1 N–H and O–H groups in total. The van der Waals surface area contributed by atoms with Crippen molar-refractivity contribution in [3.8, 4) is 0 Å². The Morgan fingerprint density at radius 2 is 2.11 bits per heavy atom. The highest BCUT2D eigenvalue weighted by Gasteiger charge is 2.28. The van der Waals surface area contributed by atoms with Crippen LogP contribution in [-0.2, 0) is 16.0 Å². The zero-order valence-corrected chi connectivity index (χ0v) is 10.1. The second kappa shape index (κ2) is 4.38. The number of amides is 2. The second-order valence-electron chi connectivity index (χ2n) is 4.51. The molecule has 3 rings (SSSR count). The minimum atomic E-state index is -0.588. The average Bonchev–Trinajstić information content (AvgIpc) is 2.93. The van der Waals surface area contributed by atoms with Gasteiger partial charge >= 0.3 is 6.09 Å². The molecule has 98 valence electrons. The van der Waals surface area contributed by atoms with Crippen molar-refractivity contribution in [1.29, 1.82) is 0 Å². The Bertz CT molecular complexity index is 582. The van der Waals surface area contributed by atoms with Gasteiger partial charge < -0.3 is 15.0 Å². The third kappa shape index (κ3) is 2.05. The highest BCUT2D eigenvalue weighted by Crippen LogP contribution is 2.24. The number of benzene rings is 1. The number of hydrogen-bond acceptors (Lipinski definition) is 4. The summed E-state index contributed by atoms with van der Waals surface area (Å²) >= 11 is 0. The first-order chi connectivity index (χ1) is 9.15. The highest BCUT2D eigenvalue weighted by molar-refractivity contribution is 6.51. The monoisotopic (exact) mass is 260 g/mol. The number of carbonyl (C=O) groups excluding carboxylic acids is 3. The van der Waals surface area contributed by atoms with Gasteiger partial charge in [-0.3, -0.25) is 9.59 Å². The molecule has 0 aliphatic carbocycles. The van der Waals surface area contributed by atoms with E-state index in [0.29, 0.717) is 37.4 Å². The number of ether oxygens (including phenoxy) is 1. The minimum Gasteiger partial charge on any atom is -0.448 e. The van der Waals surface area contributed by atoms with E-state index in [-0.39, 0.29) is 6.09 Å². The molecule has 2 amide bonds. The molecule has 1 aromatic carbocycles. The summed E-state index contributed by atoms with van der Waals surface area (Å²) < 4.78 is 4.84. The summed E-state index contributed by atoms with van der Waals surface area (Å²) in [6.45, 7) is 1.58. The van der Waals surface area contributed by atoms with E-state index in [1.165, 1.54) is 0 Å². The van der Waals surface area contributed by atoms with Crippen molar-refractivity contribution in [3.63, 3.8) is 0 Å². The lowest BCUT2D eigenvalue weighted by Crippen LogP contribution is -2.26. The molecule has 2 aliphatic rings. The van der Waals surface area contributed by atoms with Crippen LogP contribution in [0.3, 0.4) is 0 Å². The maximum Gasteiger partial charge on any atom is 0.409 e. The number of Topliss-reactive ketones (excluding diaryl/α,β-unsaturated/α-hetero) is 1. The van der Waals surface area contributed by atoms with Gasteiger partial charge in [-0.1, -0.05) is 6.07 Å². The van der Waals surface area contributed by atoms with Crippen LogP contribution in [0.15, 0.2) is 18.2 Å². The third-order valence-electron chi connectivity index (χ3n) is 3.30. The zero-order chi connectivity index (χ0) is 13.4. The number of cyclic esters (lactones) is 1. The quantitative estimate of drug-likeness (QED) is 0.816. The molecule has 6 heteroatoms. The smallest absolute Gasteiger partial charge is 0.409 e. The number of rotatable bonds is 3. The molecule has 1 aromatic rings. The van der Waals surface area contributed by atoms with Crippen molar-refractivity contribution in [1.82, 2.24) is 4.90 Å². The SMILES string of the molecule is O=C1Nc2ccc(CCN3CCOC3=O)cc2C1=O. The Morgan fingerprint density at radius 3 is 2.84 bits per heavy atom. The molecular formula is C13H12N2O4. The number of carbonyl (C=O) groups is 3. The van der Waals surface area contributed by atoms with Crippen molar-refractivity contribution < 1.29 is 19.1 Å². The van der Waals surface area contributed by atoms with Crippen molar-refractivity contribution in [2.24, 2.45) is 0 Å². The van der Waals surface area contributed by atoms with Gasteiger partial charge in [0.2, 0.25) is 0 Å². The van der Waals surface area contributed by atoms with Crippen LogP contribution < -0.4 is 5.32 Å². The van der Waals surface area contributed by atoms with Crippen molar-refractivity contribution >= 4 is 23.5 Å². The zero-order valence-electron chi connectivity index (χ0n) is 10.1. The summed E-state index contributed by atoms with van der Waals surface area (Å²) in [6, 6.07) is 5.27. The predicted molar refractivity (Wildman–Crippen MR) is 66.0 cm³/mol. The van der Waals surface area contributed by atoms with Gasteiger partial charge in [0.1, 0.15) is 6.61 Å². The molecule has 1 fully saturated rings. The fourth-order valence-electron chi connectivity index (χ4n) is 2.24. The molecule has 0 atom stereocenters. The van der Waals surface area contributed by atoms with Crippen LogP contribution in [0, 0.1) is 0 Å². The number of nitrogens with one attached hydrogen (secondary N) is 1. The van der Waals surface area contributed by atoms with Gasteiger partial charge in [-0.05, 0) is 24.1 Å². The van der Waals surface area contributed by atoms with Crippen molar-refractivity contribution in [2.75, 3.05) is 25.0 Å². The summed E-state index contributed by atoms with van der Waals surface area (Å²) in [7, 11) is 0. The van der Waals surface area contributed by atoms with E-state index < -0.39 is 11.7 Å². The number of anilines is 1. The second-order valence-corrected chi connectivity index (χ2v) is 4.51. The Kier molecular flexibility index (Phi) is 2.70. The molecule has 0 saturated carbocycles. The first kappa shape index (κ1) is 11.7. The van der Waals surface area contributed by atoms with Gasteiger partial charge in [-0.2, -0.15) is 0 Å². The van der Waals surface area contributed by atoms with Gasteiger partial charge in [0, 0.05) is 6.54 Å². The van der Waals surface area contributed by atoms with Gasteiger partial charge in [0.05, 0.1) is 17.8 Å². The molecule has 0 bridgehead atoms.